The Morgan fingerprint density at radius 3 is 2.60 bits per heavy atom. The molecular formula is C20H26N4O. The highest BCUT2D eigenvalue weighted by atomic mass is 16.2. The van der Waals surface area contributed by atoms with Gasteiger partial charge in [-0.3, -0.25) is 4.79 Å². The predicted molar refractivity (Wildman–Crippen MR) is 99.1 cm³/mol. The van der Waals surface area contributed by atoms with Crippen LogP contribution in [0, 0.1) is 0 Å². The van der Waals surface area contributed by atoms with Gasteiger partial charge < -0.3 is 10.2 Å². The average molecular weight is 338 g/mol. The molecule has 0 aliphatic carbocycles. The van der Waals surface area contributed by atoms with Crippen LogP contribution >= 0.6 is 0 Å². The molecule has 3 heterocycles. The summed E-state index contributed by atoms with van der Waals surface area (Å²) in [5.41, 5.74) is 3.26. The van der Waals surface area contributed by atoms with Crippen LogP contribution in [0.5, 0.6) is 0 Å². The summed E-state index contributed by atoms with van der Waals surface area (Å²) in [5.74, 6) is 1.33. The number of para-hydroxylation sites is 1. The summed E-state index contributed by atoms with van der Waals surface area (Å²) < 4.78 is 2.02. The maximum absolute atomic E-state index is 12.4. The van der Waals surface area contributed by atoms with Gasteiger partial charge in [-0.15, -0.1) is 0 Å². The number of carbonyl (C=O) groups excluding carboxylic acids is 1. The molecule has 1 unspecified atom stereocenters. The van der Waals surface area contributed by atoms with Gasteiger partial charge in [-0.05, 0) is 25.0 Å². The largest absolute Gasteiger partial charge is 0.370 e. The molecule has 2 aromatic rings. The fourth-order valence-corrected chi connectivity index (χ4v) is 4.01. The van der Waals surface area contributed by atoms with Crippen LogP contribution in [0.2, 0.25) is 0 Å². The number of nitrogens with one attached hydrogen (secondary N) is 1. The Balaban J connectivity index is 1.89. The van der Waals surface area contributed by atoms with E-state index in [9.17, 15) is 4.79 Å². The molecule has 1 N–H and O–H groups in total. The second-order valence-corrected chi connectivity index (χ2v) is 8.03. The van der Waals surface area contributed by atoms with E-state index in [1.807, 2.05) is 22.9 Å². The first kappa shape index (κ1) is 16.2. The zero-order chi connectivity index (χ0) is 17.6. The Bertz CT molecular complexity index is 788. The molecule has 1 atom stereocenters. The van der Waals surface area contributed by atoms with Gasteiger partial charge in [-0.1, -0.05) is 39.0 Å². The van der Waals surface area contributed by atoms with Crippen molar-refractivity contribution in [2.24, 2.45) is 0 Å². The number of amides is 1. The van der Waals surface area contributed by atoms with Crippen molar-refractivity contribution in [3.05, 3.63) is 41.6 Å². The third-order valence-electron chi connectivity index (χ3n) is 5.16. The molecule has 4 rings (SSSR count). The van der Waals surface area contributed by atoms with Crippen molar-refractivity contribution in [1.82, 2.24) is 14.7 Å². The molecule has 0 spiro atoms. The number of benzene rings is 1. The lowest BCUT2D eigenvalue weighted by Gasteiger charge is -2.34. The quantitative estimate of drug-likeness (QED) is 0.909. The molecule has 2 aliphatic rings. The molecule has 1 saturated heterocycles. The minimum absolute atomic E-state index is 0.0792. The van der Waals surface area contributed by atoms with E-state index in [2.05, 4.69) is 43.1 Å². The van der Waals surface area contributed by atoms with Crippen LogP contribution in [0.3, 0.4) is 0 Å². The van der Waals surface area contributed by atoms with Gasteiger partial charge >= 0.3 is 0 Å². The van der Waals surface area contributed by atoms with E-state index in [4.69, 9.17) is 5.10 Å². The van der Waals surface area contributed by atoms with Crippen LogP contribution in [0.4, 0.5) is 5.82 Å². The van der Waals surface area contributed by atoms with Crippen LogP contribution in [0.1, 0.15) is 57.3 Å². The fraction of sp³-hybridized carbons (Fsp3) is 0.500. The SMILES string of the molecule is CC(C)(C)c1nn(-c2ccccc2)c2c1C(N1CCCC1=O)CCN2. The number of hydrogen-bond acceptors (Lipinski definition) is 3. The second kappa shape index (κ2) is 5.90. The van der Waals surface area contributed by atoms with Gasteiger partial charge in [0.15, 0.2) is 0 Å². The second-order valence-electron chi connectivity index (χ2n) is 8.03. The van der Waals surface area contributed by atoms with Crippen LogP contribution in [-0.2, 0) is 10.2 Å². The smallest absolute Gasteiger partial charge is 0.223 e. The minimum Gasteiger partial charge on any atom is -0.370 e. The molecule has 5 nitrogen and oxygen atoms in total. The number of carbonyl (C=O) groups is 1. The Morgan fingerprint density at radius 1 is 1.20 bits per heavy atom. The lowest BCUT2D eigenvalue weighted by Crippen LogP contribution is -2.35. The molecule has 0 bridgehead atoms. The number of fused-ring (bicyclic) bond motifs is 1. The first-order chi connectivity index (χ1) is 12.0. The van der Waals surface area contributed by atoms with Crippen molar-refractivity contribution < 1.29 is 4.79 Å². The lowest BCUT2D eigenvalue weighted by molar-refractivity contribution is -0.129. The van der Waals surface area contributed by atoms with Gasteiger partial charge in [-0.25, -0.2) is 4.68 Å². The molecule has 0 saturated carbocycles. The molecule has 1 fully saturated rings. The summed E-state index contributed by atoms with van der Waals surface area (Å²) in [5, 5.41) is 8.55. The van der Waals surface area contributed by atoms with E-state index in [0.717, 1.165) is 43.1 Å². The molecule has 1 aromatic carbocycles. The number of aromatic nitrogens is 2. The summed E-state index contributed by atoms with van der Waals surface area (Å²) in [7, 11) is 0. The maximum atomic E-state index is 12.4. The van der Waals surface area contributed by atoms with Crippen molar-refractivity contribution in [2.45, 2.75) is 51.5 Å². The molecule has 5 heteroatoms. The van der Waals surface area contributed by atoms with Crippen LogP contribution in [0.15, 0.2) is 30.3 Å². The highest BCUT2D eigenvalue weighted by Crippen LogP contribution is 2.43. The summed E-state index contributed by atoms with van der Waals surface area (Å²) >= 11 is 0. The van der Waals surface area contributed by atoms with E-state index in [1.165, 1.54) is 5.56 Å². The van der Waals surface area contributed by atoms with Gasteiger partial charge in [0.25, 0.3) is 0 Å². The van der Waals surface area contributed by atoms with Gasteiger partial charge in [0.05, 0.1) is 17.4 Å². The van der Waals surface area contributed by atoms with Crippen LogP contribution in [0.25, 0.3) is 5.69 Å². The van der Waals surface area contributed by atoms with E-state index in [1.54, 1.807) is 0 Å². The molecule has 1 aromatic heterocycles. The molecule has 132 valence electrons. The number of rotatable bonds is 2. The Hall–Kier alpha value is -2.30. The van der Waals surface area contributed by atoms with Crippen LogP contribution < -0.4 is 5.32 Å². The molecule has 2 aliphatic heterocycles. The molecular weight excluding hydrogens is 312 g/mol. The van der Waals surface area contributed by atoms with Gasteiger partial charge in [0.1, 0.15) is 5.82 Å². The minimum atomic E-state index is -0.0792. The topological polar surface area (TPSA) is 50.2 Å². The summed E-state index contributed by atoms with van der Waals surface area (Å²) in [4.78, 5) is 14.5. The van der Waals surface area contributed by atoms with Crippen LogP contribution in [-0.4, -0.2) is 33.7 Å². The third kappa shape index (κ3) is 2.71. The lowest BCUT2D eigenvalue weighted by atomic mass is 9.85. The van der Waals surface area contributed by atoms with Crippen molar-refractivity contribution in [3.63, 3.8) is 0 Å². The molecule has 1 amide bonds. The first-order valence-electron chi connectivity index (χ1n) is 9.19. The highest BCUT2D eigenvalue weighted by molar-refractivity contribution is 5.79. The van der Waals surface area contributed by atoms with E-state index >= 15 is 0 Å². The Labute approximate surface area is 149 Å². The molecule has 0 radical (unpaired) electrons. The zero-order valence-electron chi connectivity index (χ0n) is 15.2. The zero-order valence-corrected chi connectivity index (χ0v) is 15.2. The number of nitrogens with zero attached hydrogens (tertiary/aromatic N) is 3. The van der Waals surface area contributed by atoms with Gasteiger partial charge in [0, 0.05) is 30.5 Å². The maximum Gasteiger partial charge on any atom is 0.223 e. The Kier molecular flexibility index (Phi) is 3.82. The van der Waals surface area contributed by atoms with Crippen molar-refractivity contribution in [1.29, 1.82) is 0 Å². The summed E-state index contributed by atoms with van der Waals surface area (Å²) in [6, 6.07) is 10.4. The average Bonchev–Trinajstić information content (AvgIpc) is 3.19. The first-order valence-corrected chi connectivity index (χ1v) is 9.19. The summed E-state index contributed by atoms with van der Waals surface area (Å²) in [6.45, 7) is 8.32. The van der Waals surface area contributed by atoms with Crippen molar-refractivity contribution in [3.8, 4) is 5.69 Å². The number of likely N-dealkylation sites (tertiary alicyclic amines) is 1. The fourth-order valence-electron chi connectivity index (χ4n) is 4.01. The number of anilines is 1. The van der Waals surface area contributed by atoms with Gasteiger partial charge in [-0.2, -0.15) is 5.10 Å². The van der Waals surface area contributed by atoms with E-state index in [-0.39, 0.29) is 17.4 Å². The van der Waals surface area contributed by atoms with Crippen molar-refractivity contribution in [2.75, 3.05) is 18.4 Å². The summed E-state index contributed by atoms with van der Waals surface area (Å²) in [6.07, 6.45) is 2.59. The van der Waals surface area contributed by atoms with E-state index < -0.39 is 0 Å². The molecule has 25 heavy (non-hydrogen) atoms. The standard InChI is InChI=1S/C20H26N4O/c1-20(2,3)18-17-15(23-13-7-10-16(23)25)11-12-21-19(17)24(22-18)14-8-5-4-6-9-14/h4-6,8-9,15,21H,7,10-13H2,1-3H3. The monoisotopic (exact) mass is 338 g/mol. The third-order valence-corrected chi connectivity index (χ3v) is 5.16. The number of hydrogen-bond donors (Lipinski definition) is 1. The van der Waals surface area contributed by atoms with Gasteiger partial charge in [0.2, 0.25) is 5.91 Å². The predicted octanol–water partition coefficient (Wildman–Crippen LogP) is 3.65. The van der Waals surface area contributed by atoms with Crippen molar-refractivity contribution >= 4 is 11.7 Å². The highest BCUT2D eigenvalue weighted by Gasteiger charge is 2.39. The van der Waals surface area contributed by atoms with E-state index in [0.29, 0.717) is 6.42 Å². The Morgan fingerprint density at radius 2 is 1.96 bits per heavy atom. The normalized spacial score (nSPS) is 20.5.